The van der Waals surface area contributed by atoms with E-state index in [0.29, 0.717) is 23.2 Å². The van der Waals surface area contributed by atoms with Crippen molar-refractivity contribution in [2.24, 2.45) is 5.92 Å². The Balaban J connectivity index is 1.66. The van der Waals surface area contributed by atoms with Gasteiger partial charge in [0.15, 0.2) is 5.13 Å². The molecule has 2 heterocycles. The molecule has 1 unspecified atom stereocenters. The first-order valence-corrected chi connectivity index (χ1v) is 8.62. The van der Waals surface area contributed by atoms with Crippen LogP contribution >= 0.6 is 22.9 Å². The molecular weight excluding hydrogens is 334 g/mol. The number of carbonyl (C=O) groups excluding carboxylic acids is 2. The van der Waals surface area contributed by atoms with Crippen LogP contribution < -0.4 is 5.32 Å². The molecule has 0 bridgehead atoms. The van der Waals surface area contributed by atoms with Crippen molar-refractivity contribution in [2.75, 3.05) is 18.4 Å². The predicted molar refractivity (Wildman–Crippen MR) is 91.6 cm³/mol. The molecule has 1 saturated heterocycles. The van der Waals surface area contributed by atoms with Crippen molar-refractivity contribution in [1.82, 2.24) is 9.88 Å². The molecule has 2 aromatic rings. The van der Waals surface area contributed by atoms with Gasteiger partial charge in [0, 0.05) is 35.5 Å². The van der Waals surface area contributed by atoms with Gasteiger partial charge in [0.1, 0.15) is 0 Å². The quantitative estimate of drug-likeness (QED) is 0.921. The van der Waals surface area contributed by atoms with Gasteiger partial charge in [0.25, 0.3) is 0 Å². The van der Waals surface area contributed by atoms with E-state index in [9.17, 15) is 9.59 Å². The molecule has 1 aromatic heterocycles. The number of rotatable bonds is 4. The van der Waals surface area contributed by atoms with Crippen molar-refractivity contribution in [3.63, 3.8) is 0 Å². The number of amides is 2. The second kappa shape index (κ2) is 6.68. The van der Waals surface area contributed by atoms with Crippen molar-refractivity contribution >= 4 is 39.9 Å². The van der Waals surface area contributed by atoms with Crippen LogP contribution in [0.2, 0.25) is 5.02 Å². The Hall–Kier alpha value is -1.92. The maximum atomic E-state index is 12.3. The van der Waals surface area contributed by atoms with Crippen LogP contribution in [-0.2, 0) is 9.59 Å². The number of carbonyl (C=O) groups is 2. The minimum Gasteiger partial charge on any atom is -0.342 e. The summed E-state index contributed by atoms with van der Waals surface area (Å²) in [5.41, 5.74) is 1.74. The number of thiazole rings is 1. The molecule has 2 amide bonds. The van der Waals surface area contributed by atoms with Gasteiger partial charge in [-0.25, -0.2) is 4.98 Å². The van der Waals surface area contributed by atoms with E-state index >= 15 is 0 Å². The number of aromatic nitrogens is 1. The van der Waals surface area contributed by atoms with Crippen LogP contribution in [0.25, 0.3) is 11.3 Å². The minimum absolute atomic E-state index is 0.0358. The summed E-state index contributed by atoms with van der Waals surface area (Å²) in [7, 11) is 0. The van der Waals surface area contributed by atoms with Crippen LogP contribution in [0.1, 0.15) is 13.3 Å². The van der Waals surface area contributed by atoms with E-state index in [1.165, 1.54) is 11.3 Å². The molecule has 1 N–H and O–H groups in total. The van der Waals surface area contributed by atoms with Crippen molar-refractivity contribution < 1.29 is 9.59 Å². The number of hydrogen-bond donors (Lipinski definition) is 1. The van der Waals surface area contributed by atoms with E-state index in [1.54, 1.807) is 17.0 Å². The molecule has 5 nitrogen and oxygen atoms in total. The molecule has 0 spiro atoms. The number of anilines is 1. The Bertz CT molecular complexity index is 729. The van der Waals surface area contributed by atoms with E-state index in [-0.39, 0.29) is 24.2 Å². The lowest BCUT2D eigenvalue weighted by Crippen LogP contribution is -2.28. The van der Waals surface area contributed by atoms with Gasteiger partial charge < -0.3 is 10.2 Å². The van der Waals surface area contributed by atoms with E-state index < -0.39 is 0 Å². The van der Waals surface area contributed by atoms with Crippen LogP contribution in [0.5, 0.6) is 0 Å². The summed E-state index contributed by atoms with van der Waals surface area (Å²) in [6, 6.07) is 7.38. The number of likely N-dealkylation sites (tertiary alicyclic amines) is 1. The van der Waals surface area contributed by atoms with Gasteiger partial charge in [-0.1, -0.05) is 23.7 Å². The highest BCUT2D eigenvalue weighted by Gasteiger charge is 2.33. The van der Waals surface area contributed by atoms with E-state index in [1.807, 2.05) is 24.4 Å². The Labute approximate surface area is 143 Å². The van der Waals surface area contributed by atoms with Gasteiger partial charge in [-0.15, -0.1) is 11.3 Å². The highest BCUT2D eigenvalue weighted by molar-refractivity contribution is 7.14. The zero-order chi connectivity index (χ0) is 16.4. The zero-order valence-electron chi connectivity index (χ0n) is 12.6. The topological polar surface area (TPSA) is 62.3 Å². The molecule has 0 aliphatic carbocycles. The fourth-order valence-electron chi connectivity index (χ4n) is 2.55. The second-order valence-electron chi connectivity index (χ2n) is 5.37. The summed E-state index contributed by atoms with van der Waals surface area (Å²) in [6.45, 7) is 3.04. The van der Waals surface area contributed by atoms with Crippen LogP contribution in [0, 0.1) is 5.92 Å². The van der Waals surface area contributed by atoms with Crippen LogP contribution in [0.15, 0.2) is 29.6 Å². The molecule has 0 radical (unpaired) electrons. The normalized spacial score (nSPS) is 17.6. The Morgan fingerprint density at radius 2 is 2.17 bits per heavy atom. The highest BCUT2D eigenvalue weighted by atomic mass is 35.5. The first-order chi connectivity index (χ1) is 11.1. The molecule has 1 fully saturated rings. The smallest absolute Gasteiger partial charge is 0.231 e. The Morgan fingerprint density at radius 1 is 1.43 bits per heavy atom. The lowest BCUT2D eigenvalue weighted by molar-refractivity contribution is -0.128. The molecule has 1 aromatic carbocycles. The van der Waals surface area contributed by atoms with E-state index in [2.05, 4.69) is 10.3 Å². The molecule has 1 atom stereocenters. The van der Waals surface area contributed by atoms with Gasteiger partial charge in [-0.05, 0) is 19.1 Å². The summed E-state index contributed by atoms with van der Waals surface area (Å²) in [6.07, 6.45) is 0.273. The molecule has 3 rings (SSSR count). The standard InChI is InChI=1S/C16H16ClN3O2S/c1-2-20-8-11(7-14(20)21)15(22)19-16-18-13(9-23-16)10-3-5-12(17)6-4-10/h3-6,9,11H,2,7-8H2,1H3,(H,18,19,22). The van der Waals surface area contributed by atoms with Crippen LogP contribution in [0.4, 0.5) is 5.13 Å². The van der Waals surface area contributed by atoms with Gasteiger partial charge >= 0.3 is 0 Å². The van der Waals surface area contributed by atoms with Gasteiger partial charge in [-0.3, -0.25) is 9.59 Å². The van der Waals surface area contributed by atoms with E-state index in [0.717, 1.165) is 11.3 Å². The average molecular weight is 350 g/mol. The lowest BCUT2D eigenvalue weighted by Gasteiger charge is -2.12. The number of nitrogens with zero attached hydrogens (tertiary/aromatic N) is 2. The van der Waals surface area contributed by atoms with Crippen molar-refractivity contribution in [3.8, 4) is 11.3 Å². The number of nitrogens with one attached hydrogen (secondary N) is 1. The number of halogens is 1. The lowest BCUT2D eigenvalue weighted by atomic mass is 10.1. The SMILES string of the molecule is CCN1CC(C(=O)Nc2nc(-c3ccc(Cl)cc3)cs2)CC1=O. The summed E-state index contributed by atoms with van der Waals surface area (Å²) in [4.78, 5) is 30.1. The Kier molecular flexibility index (Phi) is 4.63. The molecular formula is C16H16ClN3O2S. The monoisotopic (exact) mass is 349 g/mol. The average Bonchev–Trinajstić information content (AvgIpc) is 3.14. The van der Waals surface area contributed by atoms with Crippen molar-refractivity contribution in [2.45, 2.75) is 13.3 Å². The van der Waals surface area contributed by atoms with Crippen molar-refractivity contribution in [1.29, 1.82) is 0 Å². The first kappa shape index (κ1) is 16.0. The first-order valence-electron chi connectivity index (χ1n) is 7.37. The fraction of sp³-hybridized carbons (Fsp3) is 0.312. The molecule has 120 valence electrons. The number of benzene rings is 1. The third-order valence-electron chi connectivity index (χ3n) is 3.84. The van der Waals surface area contributed by atoms with Gasteiger partial charge in [0.2, 0.25) is 11.8 Å². The Morgan fingerprint density at radius 3 is 2.83 bits per heavy atom. The fourth-order valence-corrected chi connectivity index (χ4v) is 3.39. The largest absolute Gasteiger partial charge is 0.342 e. The third kappa shape index (κ3) is 3.54. The molecule has 7 heteroatoms. The number of hydrogen-bond acceptors (Lipinski definition) is 4. The van der Waals surface area contributed by atoms with Crippen molar-refractivity contribution in [3.05, 3.63) is 34.7 Å². The second-order valence-corrected chi connectivity index (χ2v) is 6.66. The molecule has 23 heavy (non-hydrogen) atoms. The highest BCUT2D eigenvalue weighted by Crippen LogP contribution is 2.27. The van der Waals surface area contributed by atoms with Gasteiger partial charge in [-0.2, -0.15) is 0 Å². The van der Waals surface area contributed by atoms with Gasteiger partial charge in [0.05, 0.1) is 11.6 Å². The van der Waals surface area contributed by atoms with E-state index in [4.69, 9.17) is 11.6 Å². The summed E-state index contributed by atoms with van der Waals surface area (Å²) in [5.74, 6) is -0.412. The predicted octanol–water partition coefficient (Wildman–Crippen LogP) is 3.27. The molecule has 0 saturated carbocycles. The van der Waals surface area contributed by atoms with Crippen LogP contribution in [0.3, 0.4) is 0 Å². The third-order valence-corrected chi connectivity index (χ3v) is 4.85. The minimum atomic E-state index is -0.301. The molecule has 1 aliphatic heterocycles. The summed E-state index contributed by atoms with van der Waals surface area (Å²) < 4.78 is 0. The van der Waals surface area contributed by atoms with Crippen LogP contribution in [-0.4, -0.2) is 34.8 Å². The summed E-state index contributed by atoms with van der Waals surface area (Å²) in [5, 5.41) is 5.91. The zero-order valence-corrected chi connectivity index (χ0v) is 14.2. The maximum absolute atomic E-state index is 12.3. The summed E-state index contributed by atoms with van der Waals surface area (Å²) >= 11 is 7.24. The molecule has 1 aliphatic rings. The maximum Gasteiger partial charge on any atom is 0.231 e.